The molecule has 1 amide bonds. The van der Waals surface area contributed by atoms with E-state index >= 15 is 0 Å². The van der Waals surface area contributed by atoms with Gasteiger partial charge in [-0.1, -0.05) is 11.6 Å². The summed E-state index contributed by atoms with van der Waals surface area (Å²) in [7, 11) is 0. The summed E-state index contributed by atoms with van der Waals surface area (Å²) >= 11 is 5.58. The van der Waals surface area contributed by atoms with E-state index in [1.54, 1.807) is 12.1 Å². The summed E-state index contributed by atoms with van der Waals surface area (Å²) in [5, 5.41) is 13.0. The Morgan fingerprint density at radius 2 is 2.08 bits per heavy atom. The zero-order chi connectivity index (χ0) is 18.0. The average molecular weight is 372 g/mol. The molecule has 0 atom stereocenters. The fourth-order valence-corrected chi connectivity index (χ4v) is 2.16. The summed E-state index contributed by atoms with van der Waals surface area (Å²) in [6.07, 6.45) is -2.63. The number of amides is 1. The largest absolute Gasteiger partial charge is 0.467 e. The lowest BCUT2D eigenvalue weighted by Gasteiger charge is -2.11. The van der Waals surface area contributed by atoms with Crippen LogP contribution in [0.15, 0.2) is 41.1 Å². The van der Waals surface area contributed by atoms with Gasteiger partial charge in [-0.3, -0.25) is 4.79 Å². The van der Waals surface area contributed by atoms with Gasteiger partial charge in [0.1, 0.15) is 5.76 Å². The summed E-state index contributed by atoms with van der Waals surface area (Å²) in [5.41, 5.74) is -1.91. The molecule has 0 aliphatic rings. The van der Waals surface area contributed by atoms with Gasteiger partial charge in [-0.2, -0.15) is 18.3 Å². The van der Waals surface area contributed by atoms with Gasteiger partial charge in [-0.05, 0) is 24.3 Å². The normalized spacial score (nSPS) is 11.5. The van der Waals surface area contributed by atoms with Crippen molar-refractivity contribution in [1.82, 2.24) is 25.3 Å². The summed E-state index contributed by atoms with van der Waals surface area (Å²) in [5.74, 6) is -0.767. The number of hydrogen-bond donors (Lipinski definition) is 1. The molecule has 0 aliphatic heterocycles. The highest BCUT2D eigenvalue weighted by Crippen LogP contribution is 2.33. The van der Waals surface area contributed by atoms with Crippen molar-refractivity contribution in [1.29, 1.82) is 0 Å². The molecule has 130 valence electrons. The standard InChI is InChI=1S/C14H9ClF3N5O2/c15-10-3-4-11(22-21-10)23-12(14(16,17)18)9(7-20-23)13(24)19-6-8-2-1-5-25-8/h1-5,7H,6H2,(H,19,24). The van der Waals surface area contributed by atoms with Gasteiger partial charge in [-0.15, -0.1) is 10.2 Å². The Hall–Kier alpha value is -2.88. The molecule has 0 aliphatic carbocycles. The topological polar surface area (TPSA) is 85.8 Å². The van der Waals surface area contributed by atoms with Crippen LogP contribution in [-0.4, -0.2) is 25.9 Å². The second-order valence-corrected chi connectivity index (χ2v) is 5.18. The average Bonchev–Trinajstić information content (AvgIpc) is 3.22. The van der Waals surface area contributed by atoms with Crippen LogP contribution in [0.5, 0.6) is 0 Å². The van der Waals surface area contributed by atoms with Crippen molar-refractivity contribution in [3.63, 3.8) is 0 Å². The molecular weight excluding hydrogens is 363 g/mol. The maximum Gasteiger partial charge on any atom is 0.434 e. The van der Waals surface area contributed by atoms with Crippen molar-refractivity contribution in [2.24, 2.45) is 0 Å². The van der Waals surface area contributed by atoms with E-state index in [4.69, 9.17) is 16.0 Å². The first kappa shape index (κ1) is 17.0. The van der Waals surface area contributed by atoms with Crippen molar-refractivity contribution < 1.29 is 22.4 Å². The molecule has 3 rings (SSSR count). The van der Waals surface area contributed by atoms with Crippen LogP contribution in [0, 0.1) is 0 Å². The second kappa shape index (κ2) is 6.55. The molecular formula is C14H9ClF3N5O2. The summed E-state index contributed by atoms with van der Waals surface area (Å²) in [6.45, 7) is -0.0605. The second-order valence-electron chi connectivity index (χ2n) is 4.79. The fourth-order valence-electron chi connectivity index (χ4n) is 2.06. The van der Waals surface area contributed by atoms with Crippen molar-refractivity contribution in [2.75, 3.05) is 0 Å². The van der Waals surface area contributed by atoms with Crippen LogP contribution in [0.1, 0.15) is 21.8 Å². The Bertz CT molecular complexity index is 875. The predicted molar refractivity (Wildman–Crippen MR) is 79.0 cm³/mol. The zero-order valence-corrected chi connectivity index (χ0v) is 13.0. The van der Waals surface area contributed by atoms with Gasteiger partial charge in [-0.25, -0.2) is 4.68 Å². The zero-order valence-electron chi connectivity index (χ0n) is 12.3. The molecule has 0 bridgehead atoms. The summed E-state index contributed by atoms with van der Waals surface area (Å²) in [4.78, 5) is 12.1. The van der Waals surface area contributed by atoms with Crippen molar-refractivity contribution in [3.05, 3.63) is 58.9 Å². The number of aromatic nitrogens is 4. The summed E-state index contributed by atoms with van der Waals surface area (Å²) < 4.78 is 45.8. The number of hydrogen-bond acceptors (Lipinski definition) is 5. The monoisotopic (exact) mass is 371 g/mol. The lowest BCUT2D eigenvalue weighted by Crippen LogP contribution is -2.26. The van der Waals surface area contributed by atoms with Gasteiger partial charge in [0.15, 0.2) is 16.7 Å². The predicted octanol–water partition coefficient (Wildman–Crippen LogP) is 2.86. The van der Waals surface area contributed by atoms with E-state index < -0.39 is 23.3 Å². The van der Waals surface area contributed by atoms with Gasteiger partial charge in [0.25, 0.3) is 5.91 Å². The molecule has 0 spiro atoms. The minimum absolute atomic E-state index is 0.0147. The molecule has 11 heteroatoms. The molecule has 0 saturated heterocycles. The Morgan fingerprint density at radius 3 is 2.68 bits per heavy atom. The van der Waals surface area contributed by atoms with Crippen LogP contribution in [0.3, 0.4) is 0 Å². The Morgan fingerprint density at radius 1 is 1.28 bits per heavy atom. The molecule has 3 heterocycles. The third-order valence-electron chi connectivity index (χ3n) is 3.12. The van der Waals surface area contributed by atoms with E-state index in [1.807, 2.05) is 0 Å². The highest BCUT2D eigenvalue weighted by Gasteiger charge is 2.41. The highest BCUT2D eigenvalue weighted by atomic mass is 35.5. The molecule has 25 heavy (non-hydrogen) atoms. The van der Waals surface area contributed by atoms with Crippen LogP contribution in [0.4, 0.5) is 13.2 Å². The quantitative estimate of drug-likeness (QED) is 0.762. The number of alkyl halides is 3. The van der Waals surface area contributed by atoms with Crippen LogP contribution in [-0.2, 0) is 12.7 Å². The third kappa shape index (κ3) is 3.63. The number of halogens is 4. The minimum Gasteiger partial charge on any atom is -0.467 e. The molecule has 3 aromatic heterocycles. The number of furan rings is 1. The number of nitrogens with zero attached hydrogens (tertiary/aromatic N) is 4. The van der Waals surface area contributed by atoms with E-state index in [1.165, 1.54) is 18.4 Å². The fraction of sp³-hybridized carbons (Fsp3) is 0.143. The lowest BCUT2D eigenvalue weighted by molar-refractivity contribution is -0.143. The number of rotatable bonds is 4. The lowest BCUT2D eigenvalue weighted by atomic mass is 10.2. The van der Waals surface area contributed by atoms with E-state index in [0.29, 0.717) is 10.4 Å². The van der Waals surface area contributed by atoms with Crippen molar-refractivity contribution >= 4 is 17.5 Å². The molecule has 1 N–H and O–H groups in total. The smallest absolute Gasteiger partial charge is 0.434 e. The first-order chi connectivity index (χ1) is 11.9. The number of nitrogens with one attached hydrogen (secondary N) is 1. The first-order valence-corrected chi connectivity index (χ1v) is 7.19. The van der Waals surface area contributed by atoms with E-state index in [2.05, 4.69) is 20.6 Å². The molecule has 0 aromatic carbocycles. The molecule has 0 saturated carbocycles. The van der Waals surface area contributed by atoms with Gasteiger partial charge < -0.3 is 9.73 Å². The number of carbonyl (C=O) groups is 1. The van der Waals surface area contributed by atoms with E-state index in [9.17, 15) is 18.0 Å². The molecule has 3 aromatic rings. The van der Waals surface area contributed by atoms with Crippen LogP contribution < -0.4 is 5.32 Å². The SMILES string of the molecule is O=C(NCc1ccco1)c1cnn(-c2ccc(Cl)nn2)c1C(F)(F)F. The first-order valence-electron chi connectivity index (χ1n) is 6.81. The van der Waals surface area contributed by atoms with Crippen LogP contribution >= 0.6 is 11.6 Å². The van der Waals surface area contributed by atoms with Crippen LogP contribution in [0.25, 0.3) is 5.82 Å². The van der Waals surface area contributed by atoms with E-state index in [-0.39, 0.29) is 17.5 Å². The van der Waals surface area contributed by atoms with Gasteiger partial charge in [0, 0.05) is 0 Å². The maximum atomic E-state index is 13.4. The molecule has 0 radical (unpaired) electrons. The van der Waals surface area contributed by atoms with Crippen molar-refractivity contribution in [2.45, 2.75) is 12.7 Å². The van der Waals surface area contributed by atoms with Gasteiger partial charge >= 0.3 is 6.18 Å². The molecule has 0 fully saturated rings. The number of carbonyl (C=O) groups excluding carboxylic acids is 1. The van der Waals surface area contributed by atoms with Crippen LogP contribution in [0.2, 0.25) is 5.15 Å². The highest BCUT2D eigenvalue weighted by molar-refractivity contribution is 6.29. The minimum atomic E-state index is -4.84. The Labute approximate surface area is 143 Å². The Balaban J connectivity index is 1.94. The van der Waals surface area contributed by atoms with Gasteiger partial charge in [0.05, 0.1) is 24.6 Å². The van der Waals surface area contributed by atoms with E-state index in [0.717, 1.165) is 6.20 Å². The maximum absolute atomic E-state index is 13.4. The van der Waals surface area contributed by atoms with Crippen molar-refractivity contribution in [3.8, 4) is 5.82 Å². The molecule has 0 unspecified atom stereocenters. The van der Waals surface area contributed by atoms with Gasteiger partial charge in [0.2, 0.25) is 0 Å². The molecule has 7 nitrogen and oxygen atoms in total. The summed E-state index contributed by atoms with van der Waals surface area (Å²) in [6, 6.07) is 5.65. The Kier molecular flexibility index (Phi) is 4.45. The third-order valence-corrected chi connectivity index (χ3v) is 3.32.